The van der Waals surface area contributed by atoms with Crippen LogP contribution in [0.4, 0.5) is 0 Å². The van der Waals surface area contributed by atoms with Crippen LogP contribution in [0, 0.1) is 6.92 Å². The smallest absolute Gasteiger partial charge is 0.151 e. The molecule has 0 unspecified atom stereocenters. The summed E-state index contributed by atoms with van der Waals surface area (Å²) in [6.45, 7) is 1.96. The number of hydrogen-bond acceptors (Lipinski definition) is 3. The van der Waals surface area contributed by atoms with Gasteiger partial charge in [0.2, 0.25) is 0 Å². The molecule has 0 spiro atoms. The molecule has 0 amide bonds. The molecule has 0 aromatic carbocycles. The number of hydrogen-bond donors (Lipinski definition) is 1. The first-order chi connectivity index (χ1) is 5.83. The van der Waals surface area contributed by atoms with E-state index in [2.05, 4.69) is 22.6 Å². The molecule has 0 saturated carbocycles. The fraction of sp³-hybridized carbons (Fsp3) is 0.333. The number of thiol groups is 1. The van der Waals surface area contributed by atoms with Crippen molar-refractivity contribution in [3.05, 3.63) is 29.9 Å². The van der Waals surface area contributed by atoms with Crippen LogP contribution in [-0.2, 0) is 0 Å². The summed E-state index contributed by atoms with van der Waals surface area (Å²) in [5.74, 6) is 1.64. The lowest BCUT2D eigenvalue weighted by atomic mass is 10.4. The zero-order valence-electron chi connectivity index (χ0n) is 7.07. The maximum absolute atomic E-state index is 4.22. The molecule has 3 heteroatoms. The first kappa shape index (κ1) is 9.26. The number of aromatic nitrogens is 2. The predicted molar refractivity (Wildman–Crippen MR) is 54.3 cm³/mol. The highest BCUT2D eigenvalue weighted by Gasteiger charge is 1.88. The van der Waals surface area contributed by atoms with Gasteiger partial charge in [0.05, 0.1) is 0 Å². The van der Waals surface area contributed by atoms with Crippen molar-refractivity contribution in [2.24, 2.45) is 0 Å². The van der Waals surface area contributed by atoms with Crippen molar-refractivity contribution in [3.63, 3.8) is 0 Å². The van der Waals surface area contributed by atoms with E-state index in [1.807, 2.05) is 25.1 Å². The largest absolute Gasteiger partial charge is 0.237 e. The molecule has 64 valence electrons. The van der Waals surface area contributed by atoms with Gasteiger partial charge < -0.3 is 0 Å². The van der Waals surface area contributed by atoms with Gasteiger partial charge in [0.15, 0.2) is 5.82 Å². The molecule has 0 atom stereocenters. The van der Waals surface area contributed by atoms with E-state index in [1.54, 1.807) is 6.20 Å². The van der Waals surface area contributed by atoms with E-state index < -0.39 is 0 Å². The summed E-state index contributed by atoms with van der Waals surface area (Å²) in [7, 11) is 0. The van der Waals surface area contributed by atoms with E-state index in [1.165, 1.54) is 0 Å². The van der Waals surface area contributed by atoms with E-state index in [9.17, 15) is 0 Å². The molecule has 1 aromatic heterocycles. The molecule has 0 bridgehead atoms. The van der Waals surface area contributed by atoms with Crippen molar-refractivity contribution in [2.75, 3.05) is 5.75 Å². The molecule has 1 rings (SSSR count). The summed E-state index contributed by atoms with van der Waals surface area (Å²) in [4.78, 5) is 8.31. The van der Waals surface area contributed by atoms with Crippen LogP contribution in [0.1, 0.15) is 17.9 Å². The second kappa shape index (κ2) is 4.93. The zero-order valence-corrected chi connectivity index (χ0v) is 7.96. The highest BCUT2D eigenvalue weighted by molar-refractivity contribution is 7.80. The quantitative estimate of drug-likeness (QED) is 0.721. The summed E-state index contributed by atoms with van der Waals surface area (Å²) in [6.07, 6.45) is 6.67. The maximum Gasteiger partial charge on any atom is 0.151 e. The summed E-state index contributed by atoms with van der Waals surface area (Å²) < 4.78 is 0. The maximum atomic E-state index is 4.22. The van der Waals surface area contributed by atoms with Crippen molar-refractivity contribution in [3.8, 4) is 0 Å². The van der Waals surface area contributed by atoms with E-state index >= 15 is 0 Å². The molecule has 12 heavy (non-hydrogen) atoms. The van der Waals surface area contributed by atoms with Gasteiger partial charge >= 0.3 is 0 Å². The second-order valence-corrected chi connectivity index (χ2v) is 2.92. The van der Waals surface area contributed by atoms with Crippen LogP contribution in [0.2, 0.25) is 0 Å². The standard InChI is InChI=1S/C9H12N2S/c1-8-5-6-10-9(11-8)4-2-3-7-12/h2,4-6,12H,3,7H2,1H3. The summed E-state index contributed by atoms with van der Waals surface area (Å²) in [5, 5.41) is 0. The van der Waals surface area contributed by atoms with E-state index in [-0.39, 0.29) is 0 Å². The lowest BCUT2D eigenvalue weighted by Gasteiger charge is -1.92. The molecular formula is C9H12N2S. The molecule has 0 fully saturated rings. The normalized spacial score (nSPS) is 10.8. The van der Waals surface area contributed by atoms with Gasteiger partial charge in [-0.25, -0.2) is 9.97 Å². The molecule has 1 heterocycles. The zero-order chi connectivity index (χ0) is 8.81. The van der Waals surface area contributed by atoms with E-state index in [0.29, 0.717) is 0 Å². The monoisotopic (exact) mass is 180 g/mol. The number of nitrogens with zero attached hydrogens (tertiary/aromatic N) is 2. The molecule has 0 aliphatic rings. The van der Waals surface area contributed by atoms with Gasteiger partial charge in [0, 0.05) is 11.9 Å². The molecule has 0 aliphatic heterocycles. The molecule has 2 nitrogen and oxygen atoms in total. The van der Waals surface area contributed by atoms with Gasteiger partial charge in [-0.15, -0.1) is 0 Å². The third kappa shape index (κ3) is 3.05. The van der Waals surface area contributed by atoms with Crippen LogP contribution in [0.3, 0.4) is 0 Å². The van der Waals surface area contributed by atoms with Crippen molar-refractivity contribution >= 4 is 18.7 Å². The Hall–Kier alpha value is -0.830. The van der Waals surface area contributed by atoms with E-state index in [4.69, 9.17) is 0 Å². The molecule has 0 aliphatic carbocycles. The van der Waals surface area contributed by atoms with Crippen LogP contribution in [0.25, 0.3) is 6.08 Å². The Kier molecular flexibility index (Phi) is 3.80. The van der Waals surface area contributed by atoms with Crippen LogP contribution in [0.15, 0.2) is 18.3 Å². The number of rotatable bonds is 3. The molecule has 0 radical (unpaired) electrons. The Morgan fingerprint density at radius 1 is 1.58 bits per heavy atom. The van der Waals surface area contributed by atoms with Gasteiger partial charge in [0.1, 0.15) is 0 Å². The Morgan fingerprint density at radius 3 is 3.08 bits per heavy atom. The van der Waals surface area contributed by atoms with Crippen LogP contribution >= 0.6 is 12.6 Å². The summed E-state index contributed by atoms with van der Waals surface area (Å²) >= 11 is 4.10. The third-order valence-corrected chi connectivity index (χ3v) is 1.63. The molecule has 1 aromatic rings. The van der Waals surface area contributed by atoms with Crippen LogP contribution in [0.5, 0.6) is 0 Å². The minimum Gasteiger partial charge on any atom is -0.237 e. The average molecular weight is 180 g/mol. The lowest BCUT2D eigenvalue weighted by molar-refractivity contribution is 1.07. The van der Waals surface area contributed by atoms with Crippen LogP contribution in [-0.4, -0.2) is 15.7 Å². The SMILES string of the molecule is Cc1ccnc(C=CCCS)n1. The molecular weight excluding hydrogens is 168 g/mol. The second-order valence-electron chi connectivity index (χ2n) is 2.47. The summed E-state index contributed by atoms with van der Waals surface area (Å²) in [5.41, 5.74) is 0.996. The average Bonchev–Trinajstić information content (AvgIpc) is 2.05. The first-order valence-electron chi connectivity index (χ1n) is 3.90. The predicted octanol–water partition coefficient (Wildman–Crippen LogP) is 2.12. The number of allylic oxidation sites excluding steroid dienone is 1. The van der Waals surface area contributed by atoms with Crippen molar-refractivity contribution < 1.29 is 0 Å². The fourth-order valence-electron chi connectivity index (χ4n) is 0.812. The van der Waals surface area contributed by atoms with Gasteiger partial charge in [-0.1, -0.05) is 6.08 Å². The van der Waals surface area contributed by atoms with Gasteiger partial charge in [-0.05, 0) is 31.2 Å². The van der Waals surface area contributed by atoms with Crippen molar-refractivity contribution in [1.29, 1.82) is 0 Å². The Bertz CT molecular complexity index is 271. The highest BCUT2D eigenvalue weighted by Crippen LogP contribution is 1.97. The lowest BCUT2D eigenvalue weighted by Crippen LogP contribution is -1.88. The third-order valence-electron chi connectivity index (χ3n) is 1.38. The van der Waals surface area contributed by atoms with Crippen molar-refractivity contribution in [1.82, 2.24) is 9.97 Å². The Labute approximate surface area is 78.2 Å². The van der Waals surface area contributed by atoms with Gasteiger partial charge in [-0.3, -0.25) is 0 Å². The molecule has 0 saturated heterocycles. The Balaban J connectivity index is 2.63. The van der Waals surface area contributed by atoms with Crippen molar-refractivity contribution in [2.45, 2.75) is 13.3 Å². The topological polar surface area (TPSA) is 25.8 Å². The summed E-state index contributed by atoms with van der Waals surface area (Å²) in [6, 6.07) is 1.88. The Morgan fingerprint density at radius 2 is 2.42 bits per heavy atom. The minimum atomic E-state index is 0.775. The van der Waals surface area contributed by atoms with Gasteiger partial charge in [0.25, 0.3) is 0 Å². The number of aryl methyl sites for hydroxylation is 1. The first-order valence-corrected chi connectivity index (χ1v) is 4.53. The molecule has 0 N–H and O–H groups in total. The minimum absolute atomic E-state index is 0.775. The van der Waals surface area contributed by atoms with E-state index in [0.717, 1.165) is 23.7 Å². The fourth-order valence-corrected chi connectivity index (χ4v) is 0.961. The van der Waals surface area contributed by atoms with Gasteiger partial charge in [-0.2, -0.15) is 12.6 Å². The highest BCUT2D eigenvalue weighted by atomic mass is 32.1. The van der Waals surface area contributed by atoms with Crippen LogP contribution < -0.4 is 0 Å².